The van der Waals surface area contributed by atoms with Crippen LogP contribution in [0.4, 0.5) is 4.39 Å². The van der Waals surface area contributed by atoms with Gasteiger partial charge in [-0.25, -0.2) is 18.7 Å². The Balaban J connectivity index is 1.01. The Morgan fingerprint density at radius 2 is 1.77 bits per heavy atom. The number of aromatic amines is 1. The zero-order valence-electron chi connectivity index (χ0n) is 26.9. The summed E-state index contributed by atoms with van der Waals surface area (Å²) in [4.78, 5) is 37.4. The van der Waals surface area contributed by atoms with Crippen molar-refractivity contribution in [2.45, 2.75) is 57.2 Å². The Bertz CT molecular complexity index is 2100. The average Bonchev–Trinajstić information content (AvgIpc) is 3.74. The van der Waals surface area contributed by atoms with Gasteiger partial charge in [-0.05, 0) is 87.6 Å². The Labute approximate surface area is 286 Å². The SMILES string of the molecule is Cn1c(=O)n(-c2c(Cl)cccc2Cl)c(=O)c2cnc3[nH]c(-c4cnn([C@H]5CCN(CC6CCC7(CCNCC7)CC6)C[C@@H]5F)c4)cc3c21. The van der Waals surface area contributed by atoms with Crippen molar-refractivity contribution in [3.63, 3.8) is 0 Å². The quantitative estimate of drug-likeness (QED) is 0.238. The molecule has 2 aliphatic heterocycles. The maximum atomic E-state index is 15.7. The Morgan fingerprint density at radius 3 is 2.50 bits per heavy atom. The van der Waals surface area contributed by atoms with E-state index >= 15 is 4.39 Å². The minimum Gasteiger partial charge on any atom is -0.339 e. The van der Waals surface area contributed by atoms with Crippen molar-refractivity contribution in [3.05, 3.63) is 73.7 Å². The first-order valence-electron chi connectivity index (χ1n) is 16.9. The zero-order valence-corrected chi connectivity index (χ0v) is 28.4. The summed E-state index contributed by atoms with van der Waals surface area (Å²) in [6.07, 6.45) is 12.5. The van der Waals surface area contributed by atoms with Crippen LogP contribution in [-0.4, -0.2) is 72.7 Å². The number of pyridine rings is 1. The van der Waals surface area contributed by atoms with Gasteiger partial charge in [-0.2, -0.15) is 5.10 Å². The average molecular weight is 694 g/mol. The van der Waals surface area contributed by atoms with Crippen LogP contribution in [0, 0.1) is 11.3 Å². The van der Waals surface area contributed by atoms with Gasteiger partial charge in [0.2, 0.25) is 0 Å². The lowest BCUT2D eigenvalue weighted by Crippen LogP contribution is -2.46. The second kappa shape index (κ2) is 12.4. The molecule has 1 saturated carbocycles. The van der Waals surface area contributed by atoms with Crippen LogP contribution >= 0.6 is 23.2 Å². The molecule has 10 nitrogen and oxygen atoms in total. The summed E-state index contributed by atoms with van der Waals surface area (Å²) in [6.45, 7) is 4.57. The summed E-state index contributed by atoms with van der Waals surface area (Å²) >= 11 is 12.7. The number of nitrogens with zero attached hydrogens (tertiary/aromatic N) is 6. The monoisotopic (exact) mass is 692 g/mol. The number of para-hydroxylation sites is 1. The first kappa shape index (κ1) is 31.7. The van der Waals surface area contributed by atoms with Gasteiger partial charge < -0.3 is 15.2 Å². The zero-order chi connectivity index (χ0) is 33.2. The number of nitrogens with one attached hydrogen (secondary N) is 2. The molecule has 3 aliphatic rings. The van der Waals surface area contributed by atoms with E-state index in [-0.39, 0.29) is 27.2 Å². The molecule has 3 fully saturated rings. The van der Waals surface area contributed by atoms with Gasteiger partial charge in [0.05, 0.1) is 44.6 Å². The molecule has 48 heavy (non-hydrogen) atoms. The van der Waals surface area contributed by atoms with Crippen LogP contribution in [0.5, 0.6) is 0 Å². The van der Waals surface area contributed by atoms with Crippen LogP contribution in [0.3, 0.4) is 0 Å². The standard InChI is InChI=1S/C35H39Cl2FN8O2/c1-43-30-23-15-28(42-32(23)40-17-24(30)33(47)46(34(43)48)31-25(36)3-2-4-26(31)37)22-16-41-45(19-22)29-7-14-44(20-27(29)38)18-21-5-8-35(9-6-21)10-12-39-13-11-35/h2-4,15-17,19,21,27,29,39H,5-14,18,20H2,1H3,(H,40,42)/t27-,29-/m0/s1. The minimum absolute atomic E-state index is 0.132. The molecule has 1 aliphatic carbocycles. The van der Waals surface area contributed by atoms with Gasteiger partial charge in [0, 0.05) is 50.0 Å². The van der Waals surface area contributed by atoms with E-state index in [1.807, 2.05) is 12.3 Å². The number of alkyl halides is 1. The number of likely N-dealkylation sites (tertiary alicyclic amines) is 1. The van der Waals surface area contributed by atoms with Gasteiger partial charge >= 0.3 is 5.69 Å². The fourth-order valence-electron chi connectivity index (χ4n) is 8.46. The van der Waals surface area contributed by atoms with Crippen molar-refractivity contribution in [1.82, 2.24) is 39.1 Å². The van der Waals surface area contributed by atoms with Crippen molar-refractivity contribution >= 4 is 45.1 Å². The molecule has 4 aromatic heterocycles. The molecule has 0 radical (unpaired) electrons. The van der Waals surface area contributed by atoms with Gasteiger partial charge in [0.15, 0.2) is 0 Å². The van der Waals surface area contributed by atoms with E-state index in [1.165, 1.54) is 49.3 Å². The second-order valence-corrected chi connectivity index (χ2v) is 14.9. The third-order valence-electron chi connectivity index (χ3n) is 11.2. The molecule has 1 spiro atoms. The summed E-state index contributed by atoms with van der Waals surface area (Å²) < 4.78 is 19.8. The van der Waals surface area contributed by atoms with Gasteiger partial charge in [0.25, 0.3) is 5.56 Å². The normalized spacial score (nSPS) is 22.2. The topological polar surface area (TPSA) is 106 Å². The van der Waals surface area contributed by atoms with E-state index in [4.69, 9.17) is 23.2 Å². The maximum absolute atomic E-state index is 15.7. The number of fused-ring (bicyclic) bond motifs is 3. The van der Waals surface area contributed by atoms with E-state index in [1.54, 1.807) is 36.1 Å². The highest BCUT2D eigenvalue weighted by atomic mass is 35.5. The number of piperidine rings is 2. The summed E-state index contributed by atoms with van der Waals surface area (Å²) in [5, 5.41) is 9.30. The largest absolute Gasteiger partial charge is 0.339 e. The number of rotatable bonds is 5. The molecule has 2 saturated heterocycles. The molecule has 13 heteroatoms. The molecule has 252 valence electrons. The van der Waals surface area contributed by atoms with Crippen LogP contribution < -0.4 is 16.6 Å². The summed E-state index contributed by atoms with van der Waals surface area (Å²) in [5.41, 5.74) is 1.95. The van der Waals surface area contributed by atoms with Crippen molar-refractivity contribution in [1.29, 1.82) is 0 Å². The summed E-state index contributed by atoms with van der Waals surface area (Å²) in [7, 11) is 1.60. The van der Waals surface area contributed by atoms with Crippen molar-refractivity contribution in [2.75, 3.05) is 32.7 Å². The smallest absolute Gasteiger partial charge is 0.335 e. The third kappa shape index (κ3) is 5.48. The van der Waals surface area contributed by atoms with E-state index in [0.717, 1.165) is 36.3 Å². The molecular formula is C35H39Cl2FN8O2. The molecule has 0 amide bonds. The number of H-pyrrole nitrogens is 1. The van der Waals surface area contributed by atoms with Gasteiger partial charge in [-0.1, -0.05) is 29.3 Å². The van der Waals surface area contributed by atoms with Crippen molar-refractivity contribution in [3.8, 4) is 16.9 Å². The Kier molecular flexibility index (Phi) is 8.22. The fraction of sp³-hybridized carbons (Fsp3) is 0.486. The number of aromatic nitrogens is 6. The first-order valence-corrected chi connectivity index (χ1v) is 17.7. The van der Waals surface area contributed by atoms with Crippen LogP contribution in [0.2, 0.25) is 10.0 Å². The van der Waals surface area contributed by atoms with E-state index < -0.39 is 17.4 Å². The molecule has 2 N–H and O–H groups in total. The number of hydrogen-bond donors (Lipinski definition) is 2. The first-order chi connectivity index (χ1) is 23.2. The molecule has 0 bridgehead atoms. The molecule has 8 rings (SSSR count). The summed E-state index contributed by atoms with van der Waals surface area (Å²) in [6, 6.07) is 6.32. The predicted molar refractivity (Wildman–Crippen MR) is 187 cm³/mol. The lowest BCUT2D eigenvalue weighted by molar-refractivity contribution is 0.0490. The number of benzene rings is 1. The van der Waals surface area contributed by atoms with Crippen molar-refractivity contribution < 1.29 is 4.39 Å². The molecular weight excluding hydrogens is 654 g/mol. The highest BCUT2D eigenvalue weighted by molar-refractivity contribution is 6.37. The number of halogens is 3. The highest BCUT2D eigenvalue weighted by Gasteiger charge is 2.38. The Hall–Kier alpha value is -3.51. The molecule has 2 atom stereocenters. The van der Waals surface area contributed by atoms with Crippen LogP contribution in [0.1, 0.15) is 51.0 Å². The fourth-order valence-corrected chi connectivity index (χ4v) is 9.03. The van der Waals surface area contributed by atoms with Gasteiger partial charge in [0.1, 0.15) is 11.8 Å². The molecule has 5 aromatic rings. The van der Waals surface area contributed by atoms with Gasteiger partial charge in [-0.3, -0.25) is 14.0 Å². The van der Waals surface area contributed by atoms with Crippen LogP contribution in [-0.2, 0) is 7.05 Å². The second-order valence-electron chi connectivity index (χ2n) is 14.1. The lowest BCUT2D eigenvalue weighted by atomic mass is 9.65. The number of hydrogen-bond acceptors (Lipinski definition) is 6. The maximum Gasteiger partial charge on any atom is 0.335 e. The molecule has 1 aromatic carbocycles. The summed E-state index contributed by atoms with van der Waals surface area (Å²) in [5.74, 6) is 0.661. The lowest BCUT2D eigenvalue weighted by Gasteiger charge is -2.44. The minimum atomic E-state index is -1.01. The van der Waals surface area contributed by atoms with Crippen molar-refractivity contribution in [2.24, 2.45) is 18.4 Å². The molecule has 6 heterocycles. The van der Waals surface area contributed by atoms with Crippen LogP contribution in [0.25, 0.3) is 38.9 Å². The number of aryl methyl sites for hydroxylation is 1. The molecule has 0 unspecified atom stereocenters. The Morgan fingerprint density at radius 1 is 1.02 bits per heavy atom. The van der Waals surface area contributed by atoms with E-state index in [0.29, 0.717) is 46.5 Å². The van der Waals surface area contributed by atoms with E-state index in [2.05, 4.69) is 25.3 Å². The van der Waals surface area contributed by atoms with Gasteiger partial charge in [-0.15, -0.1) is 0 Å². The third-order valence-corrected chi connectivity index (χ3v) is 11.8. The highest BCUT2D eigenvalue weighted by Crippen LogP contribution is 2.45. The van der Waals surface area contributed by atoms with E-state index in [9.17, 15) is 9.59 Å². The van der Waals surface area contributed by atoms with Crippen LogP contribution in [0.15, 0.2) is 52.4 Å². The predicted octanol–water partition coefficient (Wildman–Crippen LogP) is 5.88.